The van der Waals surface area contributed by atoms with Crippen molar-refractivity contribution in [3.63, 3.8) is 0 Å². The molecule has 0 aliphatic rings. The molecule has 0 bridgehead atoms. The van der Waals surface area contributed by atoms with E-state index in [0.717, 1.165) is 0 Å². The molecule has 0 aromatic heterocycles. The Bertz CT molecular complexity index is 633. The number of rotatable bonds is 1. The van der Waals surface area contributed by atoms with Gasteiger partial charge in [-0.3, -0.25) is 0 Å². The molecule has 0 aliphatic carbocycles. The minimum Gasteiger partial charge on any atom is -0.214 e. The Kier molecular flexibility index (Phi) is 11.5. The van der Waals surface area contributed by atoms with Crippen LogP contribution in [-0.4, -0.2) is 8.07 Å². The maximum atomic E-state index is 3.14. The third-order valence-electron chi connectivity index (χ3n) is 3.92. The van der Waals surface area contributed by atoms with Crippen molar-refractivity contribution in [1.29, 1.82) is 0 Å². The molecule has 3 aromatic carbocycles. The molecule has 0 radical (unpaired) electrons. The summed E-state index contributed by atoms with van der Waals surface area (Å²) in [6, 6.07) is 28.4. The van der Waals surface area contributed by atoms with Crippen LogP contribution < -0.4 is 5.19 Å². The first kappa shape index (κ1) is 23.7. The minimum atomic E-state index is -0.981. The van der Waals surface area contributed by atoms with Crippen molar-refractivity contribution < 1.29 is 21.1 Å². The molecular formula is C23H29PtSi-3. The molecule has 0 unspecified atom stereocenters. The molecule has 138 valence electrons. The molecule has 2 heteroatoms. The van der Waals surface area contributed by atoms with E-state index in [-0.39, 0.29) is 21.1 Å². The van der Waals surface area contributed by atoms with Gasteiger partial charge in [0, 0.05) is 29.1 Å². The average Bonchev–Trinajstić information content (AvgIpc) is 3.10. The Hall–Kier alpha value is -1.30. The second kappa shape index (κ2) is 12.1. The predicted molar refractivity (Wildman–Crippen MR) is 110 cm³/mol. The van der Waals surface area contributed by atoms with Crippen LogP contribution in [0, 0.1) is 32.9 Å². The van der Waals surface area contributed by atoms with E-state index in [4.69, 9.17) is 0 Å². The molecular weight excluding hydrogens is 499 g/mol. The molecule has 0 aliphatic heterocycles. The van der Waals surface area contributed by atoms with Gasteiger partial charge < -0.3 is 0 Å². The summed E-state index contributed by atoms with van der Waals surface area (Å²) < 4.78 is 0. The van der Waals surface area contributed by atoms with E-state index in [2.05, 4.69) is 82.9 Å². The first-order valence-electron chi connectivity index (χ1n) is 8.40. The normalized spacial score (nSPS) is 9.68. The van der Waals surface area contributed by atoms with Crippen LogP contribution in [0.4, 0.5) is 0 Å². The van der Waals surface area contributed by atoms with Gasteiger partial charge in [0.25, 0.3) is 0 Å². The summed E-state index contributed by atoms with van der Waals surface area (Å²) in [6.45, 7) is 13.4. The summed E-state index contributed by atoms with van der Waals surface area (Å²) in [7, 11) is -0.981. The Balaban J connectivity index is 0.000000346. The molecule has 0 N–H and O–H groups in total. The Morgan fingerprint density at radius 2 is 1.36 bits per heavy atom. The van der Waals surface area contributed by atoms with Crippen LogP contribution in [0.15, 0.2) is 66.7 Å². The molecule has 0 nitrogen and oxygen atoms in total. The van der Waals surface area contributed by atoms with E-state index in [1.807, 2.05) is 36.4 Å². The third kappa shape index (κ3) is 9.68. The fourth-order valence-corrected chi connectivity index (χ4v) is 3.23. The zero-order valence-electron chi connectivity index (χ0n) is 16.2. The maximum Gasteiger partial charge on any atom is 0.0147 e. The largest absolute Gasteiger partial charge is 0.214 e. The minimum absolute atomic E-state index is 0. The topological polar surface area (TPSA) is 0 Å². The van der Waals surface area contributed by atoms with E-state index in [1.54, 1.807) is 5.19 Å². The number of aryl methyl sites for hydroxylation is 2. The summed E-state index contributed by atoms with van der Waals surface area (Å²) in [5.41, 5.74) is 3.97. The van der Waals surface area contributed by atoms with Crippen molar-refractivity contribution >= 4 is 13.3 Å². The number of benzene rings is 2. The van der Waals surface area contributed by atoms with Gasteiger partial charge in [-0.2, -0.15) is 88.6 Å². The second-order valence-corrected chi connectivity index (χ2v) is 12.0. The summed E-state index contributed by atoms with van der Waals surface area (Å²) >= 11 is 0. The fourth-order valence-electron chi connectivity index (χ4n) is 2.04. The van der Waals surface area contributed by atoms with Gasteiger partial charge >= 0.3 is 0 Å². The van der Waals surface area contributed by atoms with Gasteiger partial charge in [-0.15, -0.1) is 0 Å². The number of hydrogen-bond acceptors (Lipinski definition) is 0. The van der Waals surface area contributed by atoms with Gasteiger partial charge in [0.05, 0.1) is 0 Å². The molecule has 0 amide bonds. The van der Waals surface area contributed by atoms with Gasteiger partial charge in [-0.25, -0.2) is 12.1 Å². The molecule has 3 aromatic rings. The van der Waals surface area contributed by atoms with Gasteiger partial charge in [-0.05, 0) is 0 Å². The van der Waals surface area contributed by atoms with Crippen LogP contribution in [0.5, 0.6) is 0 Å². The zero-order valence-corrected chi connectivity index (χ0v) is 19.4. The van der Waals surface area contributed by atoms with Crippen molar-refractivity contribution in [2.45, 2.75) is 40.4 Å². The maximum absolute atomic E-state index is 3.14. The first-order chi connectivity index (χ1) is 11.3. The third-order valence-corrected chi connectivity index (χ3v) is 5.99. The van der Waals surface area contributed by atoms with Crippen LogP contribution >= 0.6 is 0 Å². The van der Waals surface area contributed by atoms with Gasteiger partial charge in [0.1, 0.15) is 0 Å². The summed E-state index contributed by atoms with van der Waals surface area (Å²) in [6.07, 6.45) is 0. The molecule has 0 saturated heterocycles. The van der Waals surface area contributed by atoms with Crippen LogP contribution in [0.2, 0.25) is 19.6 Å². The first-order valence-corrected chi connectivity index (χ1v) is 11.9. The van der Waals surface area contributed by atoms with Crippen molar-refractivity contribution in [2.75, 3.05) is 0 Å². The van der Waals surface area contributed by atoms with Crippen LogP contribution in [-0.2, 0) is 21.1 Å². The molecule has 0 fully saturated rings. The van der Waals surface area contributed by atoms with E-state index >= 15 is 0 Å². The SMILES string of the molecule is C[Si](C)(C)[c-]1cccc1.Cc1[c-]ccc(C)c1C.[Pt].[c-]1ccccc1. The van der Waals surface area contributed by atoms with Crippen LogP contribution in [0.3, 0.4) is 0 Å². The number of hydrogen-bond donors (Lipinski definition) is 0. The zero-order chi connectivity index (χ0) is 18.0. The second-order valence-electron chi connectivity index (χ2n) is 6.91. The standard InChI is InChI=1S/C9H11.C8H13Si.C6H5.Pt/c1-7-5-4-6-8(2)9(7)3;1-9(2,3)8-6-4-5-7-8;1-2-4-6-5-3-1;/h4-5H,1-3H3;4-7H,1-3H3;1-5H;/q3*-1;. The van der Waals surface area contributed by atoms with Crippen molar-refractivity contribution in [3.05, 3.63) is 95.6 Å². The van der Waals surface area contributed by atoms with E-state index < -0.39 is 8.07 Å². The Morgan fingerprint density at radius 1 is 0.800 bits per heavy atom. The quantitative estimate of drug-likeness (QED) is 0.275. The molecule has 0 heterocycles. The van der Waals surface area contributed by atoms with Crippen molar-refractivity contribution in [3.8, 4) is 0 Å². The monoisotopic (exact) mass is 528 g/mol. The molecule has 25 heavy (non-hydrogen) atoms. The van der Waals surface area contributed by atoms with Gasteiger partial charge in [0.15, 0.2) is 0 Å². The Labute approximate surface area is 170 Å². The molecule has 0 atom stereocenters. The van der Waals surface area contributed by atoms with Crippen molar-refractivity contribution in [2.24, 2.45) is 0 Å². The molecule has 0 saturated carbocycles. The summed E-state index contributed by atoms with van der Waals surface area (Å²) in [5.74, 6) is 0. The van der Waals surface area contributed by atoms with E-state index in [0.29, 0.717) is 0 Å². The van der Waals surface area contributed by atoms with Crippen LogP contribution in [0.25, 0.3) is 0 Å². The van der Waals surface area contributed by atoms with Gasteiger partial charge in [0.2, 0.25) is 0 Å². The van der Waals surface area contributed by atoms with E-state index in [9.17, 15) is 0 Å². The smallest absolute Gasteiger partial charge is 0.0147 e. The predicted octanol–water partition coefficient (Wildman–Crippen LogP) is 5.85. The fraction of sp³-hybridized carbons (Fsp3) is 0.261. The average molecular weight is 529 g/mol. The summed E-state index contributed by atoms with van der Waals surface area (Å²) in [4.78, 5) is 0. The van der Waals surface area contributed by atoms with E-state index in [1.165, 1.54) is 16.7 Å². The molecule has 0 spiro atoms. The summed E-state index contributed by atoms with van der Waals surface area (Å²) in [5, 5.41) is 1.56. The van der Waals surface area contributed by atoms with Crippen LogP contribution in [0.1, 0.15) is 16.7 Å². The van der Waals surface area contributed by atoms with Gasteiger partial charge in [-0.1, -0.05) is 40.4 Å². The Morgan fingerprint density at radius 3 is 1.64 bits per heavy atom. The van der Waals surface area contributed by atoms with Crippen molar-refractivity contribution in [1.82, 2.24) is 0 Å². The molecule has 3 rings (SSSR count).